The molecule has 0 aliphatic rings. The zero-order chi connectivity index (χ0) is 12.7. The fraction of sp³-hybridized carbons (Fsp3) is 0.455. The molecule has 0 saturated carbocycles. The number of nitrogens with one attached hydrogen (secondary N) is 2. The SMILES string of the molecule is CC(=O)c1ccc(C(=O)NCCOCCO)[nH]1. The maximum Gasteiger partial charge on any atom is 0.267 e. The second kappa shape index (κ2) is 6.82. The number of aromatic amines is 1. The van der Waals surface area contributed by atoms with Gasteiger partial charge in [-0.1, -0.05) is 0 Å². The standard InChI is InChI=1S/C11H16N2O4/c1-8(15)9-2-3-10(13-9)11(16)12-4-6-17-7-5-14/h2-3,13-14H,4-7H2,1H3,(H,12,16). The number of Topliss-reactive ketones (excluding diaryl/α,β-unsaturated/α-hetero) is 1. The molecule has 0 fully saturated rings. The van der Waals surface area contributed by atoms with Gasteiger partial charge in [-0.25, -0.2) is 0 Å². The van der Waals surface area contributed by atoms with Gasteiger partial charge in [0.05, 0.1) is 25.5 Å². The summed E-state index contributed by atoms with van der Waals surface area (Å²) >= 11 is 0. The molecule has 0 saturated heterocycles. The minimum atomic E-state index is -0.287. The maximum atomic E-state index is 11.6. The Bertz CT molecular complexity index is 387. The number of ketones is 1. The summed E-state index contributed by atoms with van der Waals surface area (Å²) in [5.74, 6) is -0.402. The Labute approximate surface area is 99.0 Å². The van der Waals surface area contributed by atoms with E-state index in [9.17, 15) is 9.59 Å². The Balaban J connectivity index is 2.34. The summed E-state index contributed by atoms with van der Waals surface area (Å²) in [6.07, 6.45) is 0. The van der Waals surface area contributed by atoms with Gasteiger partial charge in [0.25, 0.3) is 5.91 Å². The van der Waals surface area contributed by atoms with Crippen LogP contribution < -0.4 is 5.32 Å². The highest BCUT2D eigenvalue weighted by Crippen LogP contribution is 2.02. The molecular weight excluding hydrogens is 224 g/mol. The molecule has 0 aromatic carbocycles. The van der Waals surface area contributed by atoms with Crippen LogP contribution in [-0.2, 0) is 4.74 Å². The van der Waals surface area contributed by atoms with Gasteiger partial charge in [0, 0.05) is 13.5 Å². The number of aliphatic hydroxyl groups excluding tert-OH is 1. The fourth-order valence-electron chi connectivity index (χ4n) is 1.23. The molecule has 0 aliphatic carbocycles. The fourth-order valence-corrected chi connectivity index (χ4v) is 1.23. The molecule has 1 heterocycles. The van der Waals surface area contributed by atoms with E-state index in [2.05, 4.69) is 10.3 Å². The maximum absolute atomic E-state index is 11.6. The Hall–Kier alpha value is -1.66. The number of ether oxygens (including phenoxy) is 1. The van der Waals surface area contributed by atoms with Crippen LogP contribution in [-0.4, -0.2) is 48.1 Å². The van der Waals surface area contributed by atoms with Crippen LogP contribution in [0.3, 0.4) is 0 Å². The number of carbonyl (C=O) groups excluding carboxylic acids is 2. The summed E-state index contributed by atoms with van der Waals surface area (Å²) in [7, 11) is 0. The van der Waals surface area contributed by atoms with Crippen molar-refractivity contribution in [2.45, 2.75) is 6.92 Å². The molecule has 0 bridgehead atoms. The van der Waals surface area contributed by atoms with E-state index >= 15 is 0 Å². The Morgan fingerprint density at radius 1 is 1.35 bits per heavy atom. The molecule has 0 unspecified atom stereocenters. The van der Waals surface area contributed by atoms with E-state index in [-0.39, 0.29) is 24.9 Å². The number of amides is 1. The zero-order valence-corrected chi connectivity index (χ0v) is 9.66. The lowest BCUT2D eigenvalue weighted by atomic mass is 10.3. The number of H-pyrrole nitrogens is 1. The minimum Gasteiger partial charge on any atom is -0.394 e. The lowest BCUT2D eigenvalue weighted by molar-refractivity contribution is 0.0835. The number of carbonyl (C=O) groups is 2. The highest BCUT2D eigenvalue weighted by molar-refractivity contribution is 5.97. The van der Waals surface area contributed by atoms with Crippen molar-refractivity contribution in [2.75, 3.05) is 26.4 Å². The average molecular weight is 240 g/mol. The minimum absolute atomic E-state index is 0.0352. The van der Waals surface area contributed by atoms with Crippen LogP contribution >= 0.6 is 0 Å². The van der Waals surface area contributed by atoms with Gasteiger partial charge in [-0.2, -0.15) is 0 Å². The number of aromatic nitrogens is 1. The number of hydrogen-bond donors (Lipinski definition) is 3. The summed E-state index contributed by atoms with van der Waals surface area (Å²) < 4.78 is 4.98. The van der Waals surface area contributed by atoms with Crippen LogP contribution in [0, 0.1) is 0 Å². The number of hydrogen-bond acceptors (Lipinski definition) is 4. The molecule has 1 aromatic rings. The van der Waals surface area contributed by atoms with E-state index in [1.54, 1.807) is 12.1 Å². The predicted octanol–water partition coefficient (Wildman–Crippen LogP) is -0.0440. The molecule has 17 heavy (non-hydrogen) atoms. The first-order valence-corrected chi connectivity index (χ1v) is 5.32. The Kier molecular flexibility index (Phi) is 5.38. The van der Waals surface area contributed by atoms with Gasteiger partial charge < -0.3 is 20.1 Å². The summed E-state index contributed by atoms with van der Waals surface area (Å²) in [5.41, 5.74) is 0.754. The van der Waals surface area contributed by atoms with Gasteiger partial charge in [0.1, 0.15) is 5.69 Å². The van der Waals surface area contributed by atoms with Crippen molar-refractivity contribution in [1.82, 2.24) is 10.3 Å². The first-order valence-electron chi connectivity index (χ1n) is 5.32. The van der Waals surface area contributed by atoms with Crippen molar-refractivity contribution < 1.29 is 19.4 Å². The molecule has 3 N–H and O–H groups in total. The summed E-state index contributed by atoms with van der Waals surface area (Å²) in [6, 6.07) is 3.13. The smallest absolute Gasteiger partial charge is 0.267 e. The van der Waals surface area contributed by atoms with Gasteiger partial charge in [-0.05, 0) is 12.1 Å². The molecule has 0 spiro atoms. The molecule has 1 amide bonds. The largest absolute Gasteiger partial charge is 0.394 e. The molecule has 1 rings (SSSR count). The van der Waals surface area contributed by atoms with Crippen LogP contribution in [0.25, 0.3) is 0 Å². The normalized spacial score (nSPS) is 10.2. The lowest BCUT2D eigenvalue weighted by Gasteiger charge is -2.04. The van der Waals surface area contributed by atoms with Crippen LogP contribution in [0.1, 0.15) is 27.9 Å². The van der Waals surface area contributed by atoms with Crippen LogP contribution in [0.2, 0.25) is 0 Å². The molecule has 1 aromatic heterocycles. The molecule has 6 nitrogen and oxygen atoms in total. The van der Waals surface area contributed by atoms with Crippen molar-refractivity contribution >= 4 is 11.7 Å². The first kappa shape index (κ1) is 13.4. The lowest BCUT2D eigenvalue weighted by Crippen LogP contribution is -2.27. The highest BCUT2D eigenvalue weighted by atomic mass is 16.5. The van der Waals surface area contributed by atoms with Crippen molar-refractivity contribution in [3.05, 3.63) is 23.5 Å². The third-order valence-corrected chi connectivity index (χ3v) is 2.08. The van der Waals surface area contributed by atoms with Crippen LogP contribution in [0.4, 0.5) is 0 Å². The van der Waals surface area contributed by atoms with Crippen molar-refractivity contribution in [3.63, 3.8) is 0 Å². The second-order valence-electron chi connectivity index (χ2n) is 3.43. The molecule has 94 valence electrons. The second-order valence-corrected chi connectivity index (χ2v) is 3.43. The molecular formula is C11H16N2O4. The topological polar surface area (TPSA) is 91.4 Å². The van der Waals surface area contributed by atoms with E-state index in [1.165, 1.54) is 6.92 Å². The molecule has 6 heteroatoms. The predicted molar refractivity (Wildman–Crippen MR) is 61.0 cm³/mol. The Morgan fingerprint density at radius 3 is 2.65 bits per heavy atom. The third-order valence-electron chi connectivity index (χ3n) is 2.08. The average Bonchev–Trinajstić information content (AvgIpc) is 2.78. The first-order chi connectivity index (χ1) is 8.15. The van der Waals surface area contributed by atoms with E-state index in [0.717, 1.165) is 0 Å². The van der Waals surface area contributed by atoms with Gasteiger partial charge in [-0.15, -0.1) is 0 Å². The van der Waals surface area contributed by atoms with Gasteiger partial charge in [0.15, 0.2) is 5.78 Å². The summed E-state index contributed by atoms with van der Waals surface area (Å²) in [5, 5.41) is 11.1. The van der Waals surface area contributed by atoms with Crippen molar-refractivity contribution in [1.29, 1.82) is 0 Å². The summed E-state index contributed by atoms with van der Waals surface area (Å²) in [6.45, 7) is 2.34. The van der Waals surface area contributed by atoms with Crippen LogP contribution in [0.15, 0.2) is 12.1 Å². The molecule has 0 radical (unpaired) electrons. The zero-order valence-electron chi connectivity index (χ0n) is 9.66. The van der Waals surface area contributed by atoms with Gasteiger partial charge in [0.2, 0.25) is 0 Å². The number of aliphatic hydroxyl groups is 1. The van der Waals surface area contributed by atoms with E-state index in [1.807, 2.05) is 0 Å². The van der Waals surface area contributed by atoms with E-state index in [0.29, 0.717) is 24.5 Å². The molecule has 0 aliphatic heterocycles. The van der Waals surface area contributed by atoms with Crippen molar-refractivity contribution in [2.24, 2.45) is 0 Å². The molecule has 0 atom stereocenters. The van der Waals surface area contributed by atoms with Gasteiger partial charge in [-0.3, -0.25) is 9.59 Å². The third kappa shape index (κ3) is 4.38. The van der Waals surface area contributed by atoms with Crippen molar-refractivity contribution in [3.8, 4) is 0 Å². The quantitative estimate of drug-likeness (QED) is 0.460. The Morgan fingerprint density at radius 2 is 2.06 bits per heavy atom. The number of rotatable bonds is 7. The van der Waals surface area contributed by atoms with Gasteiger partial charge >= 0.3 is 0 Å². The highest BCUT2D eigenvalue weighted by Gasteiger charge is 2.09. The summed E-state index contributed by atoms with van der Waals surface area (Å²) in [4.78, 5) is 25.3. The monoisotopic (exact) mass is 240 g/mol. The van der Waals surface area contributed by atoms with Crippen LogP contribution in [0.5, 0.6) is 0 Å². The van der Waals surface area contributed by atoms with E-state index < -0.39 is 0 Å². The van der Waals surface area contributed by atoms with E-state index in [4.69, 9.17) is 9.84 Å².